The molecule has 2 aromatic rings. The fourth-order valence-electron chi connectivity index (χ4n) is 1.58. The van der Waals surface area contributed by atoms with Gasteiger partial charge in [0.25, 0.3) is 0 Å². The van der Waals surface area contributed by atoms with Gasteiger partial charge in [-0.2, -0.15) is 10.2 Å². The summed E-state index contributed by atoms with van der Waals surface area (Å²) in [6, 6.07) is 0. The Morgan fingerprint density at radius 3 is 2.76 bits per heavy atom. The molecular weight excluding hydrogens is 284 g/mol. The van der Waals surface area contributed by atoms with Crippen molar-refractivity contribution in [3.8, 4) is 5.75 Å². The second-order valence-electron chi connectivity index (χ2n) is 3.79. The zero-order valence-electron chi connectivity index (χ0n) is 10.1. The summed E-state index contributed by atoms with van der Waals surface area (Å²) in [5.41, 5.74) is 1.99. The van der Waals surface area contributed by atoms with Crippen molar-refractivity contribution in [2.45, 2.75) is 27.0 Å². The summed E-state index contributed by atoms with van der Waals surface area (Å²) in [7, 11) is 1.91. The van der Waals surface area contributed by atoms with Gasteiger partial charge in [0.05, 0.1) is 28.3 Å². The van der Waals surface area contributed by atoms with Gasteiger partial charge in [0, 0.05) is 13.6 Å². The maximum Gasteiger partial charge on any atom is 0.157 e. The summed E-state index contributed by atoms with van der Waals surface area (Å²) < 4.78 is 10.3. The van der Waals surface area contributed by atoms with Gasteiger partial charge in [0.15, 0.2) is 5.75 Å². The van der Waals surface area contributed by atoms with E-state index in [0.29, 0.717) is 6.61 Å². The van der Waals surface area contributed by atoms with Crippen LogP contribution < -0.4 is 4.74 Å². The van der Waals surface area contributed by atoms with E-state index in [4.69, 9.17) is 4.74 Å². The highest BCUT2D eigenvalue weighted by molar-refractivity contribution is 9.10. The Balaban J connectivity index is 2.07. The second kappa shape index (κ2) is 4.91. The first kappa shape index (κ1) is 12.2. The summed E-state index contributed by atoms with van der Waals surface area (Å²) in [6.07, 6.45) is 3.61. The minimum absolute atomic E-state index is 0.479. The van der Waals surface area contributed by atoms with E-state index in [1.54, 1.807) is 6.20 Å². The zero-order chi connectivity index (χ0) is 12.4. The van der Waals surface area contributed by atoms with Crippen molar-refractivity contribution < 1.29 is 4.74 Å². The maximum absolute atomic E-state index is 5.68. The Morgan fingerprint density at radius 1 is 1.47 bits per heavy atom. The molecule has 0 aromatic carbocycles. The smallest absolute Gasteiger partial charge is 0.157 e. The third-order valence-electron chi connectivity index (χ3n) is 2.57. The number of ether oxygens (including phenoxy) is 1. The molecule has 0 saturated carbocycles. The summed E-state index contributed by atoms with van der Waals surface area (Å²) in [6.45, 7) is 5.33. The number of aromatic nitrogens is 4. The molecule has 0 aliphatic rings. The molecule has 2 heterocycles. The molecule has 0 aliphatic carbocycles. The molecule has 0 radical (unpaired) electrons. The van der Waals surface area contributed by atoms with E-state index < -0.39 is 0 Å². The maximum atomic E-state index is 5.68. The molecule has 0 spiro atoms. The highest BCUT2D eigenvalue weighted by Gasteiger charge is 2.11. The van der Waals surface area contributed by atoms with Crippen LogP contribution in [-0.4, -0.2) is 19.6 Å². The molecule has 0 saturated heterocycles. The summed E-state index contributed by atoms with van der Waals surface area (Å²) in [5.74, 6) is 0.776. The van der Waals surface area contributed by atoms with Crippen LogP contribution in [0.1, 0.15) is 18.3 Å². The Kier molecular flexibility index (Phi) is 3.51. The molecule has 5 nitrogen and oxygen atoms in total. The number of nitrogens with zero attached hydrogens (tertiary/aromatic N) is 4. The van der Waals surface area contributed by atoms with Crippen molar-refractivity contribution >= 4 is 15.9 Å². The van der Waals surface area contributed by atoms with Crippen molar-refractivity contribution in [1.29, 1.82) is 0 Å². The SMILES string of the molecule is CCn1cc(OCc2c(Br)c(C)nn2C)cn1. The molecule has 0 aliphatic heterocycles. The summed E-state index contributed by atoms with van der Waals surface area (Å²) in [5, 5.41) is 8.47. The number of hydrogen-bond donors (Lipinski definition) is 0. The van der Waals surface area contributed by atoms with Crippen LogP contribution in [0, 0.1) is 6.92 Å². The summed E-state index contributed by atoms with van der Waals surface area (Å²) >= 11 is 3.51. The van der Waals surface area contributed by atoms with Crippen LogP contribution in [0.25, 0.3) is 0 Å². The van der Waals surface area contributed by atoms with Crippen molar-refractivity contribution in [2.75, 3.05) is 0 Å². The molecule has 17 heavy (non-hydrogen) atoms. The lowest BCUT2D eigenvalue weighted by atomic mass is 10.4. The van der Waals surface area contributed by atoms with Crippen LogP contribution in [-0.2, 0) is 20.2 Å². The number of halogens is 1. The lowest BCUT2D eigenvalue weighted by Gasteiger charge is -2.04. The normalized spacial score (nSPS) is 10.8. The largest absolute Gasteiger partial charge is 0.484 e. The van der Waals surface area contributed by atoms with Crippen LogP contribution in [0.4, 0.5) is 0 Å². The van der Waals surface area contributed by atoms with Gasteiger partial charge in [-0.3, -0.25) is 9.36 Å². The Morgan fingerprint density at radius 2 is 2.24 bits per heavy atom. The predicted molar refractivity (Wildman–Crippen MR) is 67.9 cm³/mol. The summed E-state index contributed by atoms with van der Waals surface area (Å²) in [4.78, 5) is 0. The van der Waals surface area contributed by atoms with E-state index in [1.807, 2.05) is 36.5 Å². The van der Waals surface area contributed by atoms with Gasteiger partial charge < -0.3 is 4.74 Å². The van der Waals surface area contributed by atoms with Crippen LogP contribution in [0.3, 0.4) is 0 Å². The van der Waals surface area contributed by atoms with Gasteiger partial charge >= 0.3 is 0 Å². The molecule has 2 aromatic heterocycles. The fraction of sp³-hybridized carbons (Fsp3) is 0.455. The molecule has 0 N–H and O–H groups in total. The van der Waals surface area contributed by atoms with E-state index >= 15 is 0 Å². The third kappa shape index (κ3) is 2.52. The van der Waals surface area contributed by atoms with E-state index in [1.165, 1.54) is 0 Å². The third-order valence-corrected chi connectivity index (χ3v) is 3.60. The zero-order valence-corrected chi connectivity index (χ0v) is 11.7. The van der Waals surface area contributed by atoms with Crippen LogP contribution in [0.15, 0.2) is 16.9 Å². The minimum Gasteiger partial charge on any atom is -0.484 e. The first-order chi connectivity index (χ1) is 8.11. The van der Waals surface area contributed by atoms with E-state index in [2.05, 4.69) is 26.1 Å². The molecule has 0 atom stereocenters. The lowest BCUT2D eigenvalue weighted by molar-refractivity contribution is 0.293. The molecular formula is C11H15BrN4O. The number of rotatable bonds is 4. The monoisotopic (exact) mass is 298 g/mol. The average Bonchev–Trinajstić information content (AvgIpc) is 2.84. The first-order valence-corrected chi connectivity index (χ1v) is 6.24. The van der Waals surface area contributed by atoms with Gasteiger partial charge in [-0.05, 0) is 29.8 Å². The number of aryl methyl sites for hydroxylation is 3. The molecule has 6 heteroatoms. The van der Waals surface area contributed by atoms with E-state index in [0.717, 1.165) is 28.2 Å². The highest BCUT2D eigenvalue weighted by Crippen LogP contribution is 2.21. The molecule has 0 amide bonds. The van der Waals surface area contributed by atoms with Crippen LogP contribution in [0.5, 0.6) is 5.75 Å². The van der Waals surface area contributed by atoms with Crippen LogP contribution >= 0.6 is 15.9 Å². The van der Waals surface area contributed by atoms with Crippen molar-refractivity contribution in [1.82, 2.24) is 19.6 Å². The standard InChI is InChI=1S/C11H15BrN4O/c1-4-16-6-9(5-13-16)17-7-10-11(12)8(2)14-15(10)3/h5-6H,4,7H2,1-3H3. The number of hydrogen-bond acceptors (Lipinski definition) is 3. The van der Waals surface area contributed by atoms with E-state index in [-0.39, 0.29) is 0 Å². The fourth-order valence-corrected chi connectivity index (χ4v) is 2.03. The van der Waals surface area contributed by atoms with E-state index in [9.17, 15) is 0 Å². The van der Waals surface area contributed by atoms with Crippen molar-refractivity contribution in [3.05, 3.63) is 28.3 Å². The van der Waals surface area contributed by atoms with Gasteiger partial charge in [-0.1, -0.05) is 0 Å². The minimum atomic E-state index is 0.479. The Bertz CT molecular complexity index is 518. The first-order valence-electron chi connectivity index (χ1n) is 5.45. The van der Waals surface area contributed by atoms with Crippen LogP contribution in [0.2, 0.25) is 0 Å². The molecule has 92 valence electrons. The van der Waals surface area contributed by atoms with Gasteiger partial charge in [-0.25, -0.2) is 0 Å². The van der Waals surface area contributed by atoms with Gasteiger partial charge in [0.2, 0.25) is 0 Å². The molecule has 2 rings (SSSR count). The molecule has 0 bridgehead atoms. The highest BCUT2D eigenvalue weighted by atomic mass is 79.9. The van der Waals surface area contributed by atoms with Crippen molar-refractivity contribution in [2.24, 2.45) is 7.05 Å². The predicted octanol–water partition coefficient (Wildman–Crippen LogP) is 2.29. The average molecular weight is 299 g/mol. The second-order valence-corrected chi connectivity index (χ2v) is 4.58. The van der Waals surface area contributed by atoms with Gasteiger partial charge in [-0.15, -0.1) is 0 Å². The lowest BCUT2D eigenvalue weighted by Crippen LogP contribution is -2.03. The quantitative estimate of drug-likeness (QED) is 0.870. The Hall–Kier alpha value is -1.30. The van der Waals surface area contributed by atoms with Crippen molar-refractivity contribution in [3.63, 3.8) is 0 Å². The Labute approximate surface area is 109 Å². The van der Waals surface area contributed by atoms with Gasteiger partial charge in [0.1, 0.15) is 6.61 Å². The molecule has 0 fully saturated rings. The molecule has 0 unspecified atom stereocenters. The topological polar surface area (TPSA) is 44.9 Å².